The zero-order chi connectivity index (χ0) is 24.4. The number of ether oxygens (including phenoxy) is 1. The van der Waals surface area contributed by atoms with Gasteiger partial charge in [0.15, 0.2) is 12.3 Å². The molecule has 0 N–H and O–H groups in total. The molecule has 0 atom stereocenters. The summed E-state index contributed by atoms with van der Waals surface area (Å²) in [7, 11) is 1.41. The number of anilines is 1. The number of benzene rings is 3. The average Bonchev–Trinajstić information content (AvgIpc) is 3.49. The summed E-state index contributed by atoms with van der Waals surface area (Å²) >= 11 is 0. The van der Waals surface area contributed by atoms with Crippen LogP contribution in [0.5, 0.6) is 0 Å². The molecule has 2 heterocycles. The lowest BCUT2D eigenvalue weighted by molar-refractivity contribution is -0.455. The lowest BCUT2D eigenvalue weighted by Gasteiger charge is -2.17. The zero-order valence-corrected chi connectivity index (χ0v) is 20.8. The topological polar surface area (TPSA) is 32.6 Å². The Labute approximate surface area is 208 Å². The van der Waals surface area contributed by atoms with Crippen molar-refractivity contribution < 1.29 is 14.1 Å². The van der Waals surface area contributed by atoms with E-state index in [4.69, 9.17) is 4.74 Å². The molecule has 0 unspecified atom stereocenters. The first kappa shape index (κ1) is 23.1. The lowest BCUT2D eigenvalue weighted by atomic mass is 9.81. The van der Waals surface area contributed by atoms with Crippen LogP contribution in [-0.2, 0) is 16.7 Å². The number of carbonyl (C=O) groups excluding carboxylic acids is 1. The molecular formula is C31H33N2O2+. The maximum atomic E-state index is 11.8. The second-order valence-electron chi connectivity index (χ2n) is 9.92. The Morgan fingerprint density at radius 1 is 0.943 bits per heavy atom. The van der Waals surface area contributed by atoms with Gasteiger partial charge in [-0.05, 0) is 62.6 Å². The molecule has 178 valence electrons. The highest BCUT2D eigenvalue weighted by Crippen LogP contribution is 2.40. The smallest absolute Gasteiger partial charge is 0.337 e. The average molecular weight is 466 g/mol. The summed E-state index contributed by atoms with van der Waals surface area (Å²) < 4.78 is 7.25. The molecule has 3 aromatic rings. The van der Waals surface area contributed by atoms with Crippen LogP contribution < -0.4 is 4.90 Å². The van der Waals surface area contributed by atoms with E-state index in [2.05, 4.69) is 84.0 Å². The van der Waals surface area contributed by atoms with E-state index in [1.807, 2.05) is 24.3 Å². The van der Waals surface area contributed by atoms with Gasteiger partial charge in [0.1, 0.15) is 0 Å². The summed E-state index contributed by atoms with van der Waals surface area (Å²) in [5, 5.41) is 0. The lowest BCUT2D eigenvalue weighted by Crippen LogP contribution is -2.27. The van der Waals surface area contributed by atoms with Crippen LogP contribution in [0.4, 0.5) is 11.4 Å². The minimum atomic E-state index is -0.310. The molecule has 1 saturated heterocycles. The minimum Gasteiger partial charge on any atom is -0.465 e. The number of hydrogen-bond acceptors (Lipinski definition) is 3. The van der Waals surface area contributed by atoms with E-state index in [9.17, 15) is 4.79 Å². The summed E-state index contributed by atoms with van der Waals surface area (Å²) in [6.45, 7) is 7.64. The first-order chi connectivity index (χ1) is 17.0. The van der Waals surface area contributed by atoms with Crippen molar-refractivity contribution in [3.05, 3.63) is 101 Å². The molecule has 0 aliphatic carbocycles. The number of para-hydroxylation sites is 1. The molecule has 5 rings (SSSR count). The van der Waals surface area contributed by atoms with E-state index in [-0.39, 0.29) is 11.4 Å². The van der Waals surface area contributed by atoms with Gasteiger partial charge >= 0.3 is 5.97 Å². The van der Waals surface area contributed by atoms with E-state index in [1.54, 1.807) is 0 Å². The van der Waals surface area contributed by atoms with Gasteiger partial charge in [-0.15, -0.1) is 0 Å². The standard InChI is InChI=1S/C31H33N2O2/c1-31(2)27-8-4-5-9-28(27)33(22-24-10-15-25(16-11-24)30(34)35-3)29(31)19-14-23-12-17-26(18-13-23)32-20-6-7-21-32/h4-5,8-19H,6-7,20-22H2,1-3H3/q+1. The third kappa shape index (κ3) is 4.53. The van der Waals surface area contributed by atoms with Crippen LogP contribution in [0.3, 0.4) is 0 Å². The van der Waals surface area contributed by atoms with Crippen molar-refractivity contribution in [2.45, 2.75) is 38.6 Å². The quantitative estimate of drug-likeness (QED) is 0.313. The summed E-state index contributed by atoms with van der Waals surface area (Å²) in [6, 6.07) is 25.3. The highest BCUT2D eigenvalue weighted by molar-refractivity contribution is 6.05. The van der Waals surface area contributed by atoms with Gasteiger partial charge < -0.3 is 9.64 Å². The molecule has 0 saturated carbocycles. The highest BCUT2D eigenvalue weighted by Gasteiger charge is 2.44. The van der Waals surface area contributed by atoms with Crippen molar-refractivity contribution in [2.24, 2.45) is 0 Å². The van der Waals surface area contributed by atoms with Gasteiger partial charge in [0, 0.05) is 42.0 Å². The Hall–Kier alpha value is -3.66. The number of nitrogens with zero attached hydrogens (tertiary/aromatic N) is 2. The van der Waals surface area contributed by atoms with Crippen LogP contribution in [-0.4, -0.2) is 36.5 Å². The van der Waals surface area contributed by atoms with Gasteiger partial charge in [-0.25, -0.2) is 4.79 Å². The second-order valence-corrected chi connectivity index (χ2v) is 9.92. The van der Waals surface area contributed by atoms with Crippen molar-refractivity contribution in [1.29, 1.82) is 0 Å². The maximum absolute atomic E-state index is 11.8. The molecule has 0 radical (unpaired) electrons. The van der Waals surface area contributed by atoms with E-state index in [0.717, 1.165) is 25.2 Å². The Morgan fingerprint density at radius 2 is 1.63 bits per heavy atom. The number of esters is 1. The summed E-state index contributed by atoms with van der Waals surface area (Å²) in [5.74, 6) is -0.310. The molecule has 2 aliphatic rings. The number of methoxy groups -OCH3 is 1. The summed E-state index contributed by atoms with van der Waals surface area (Å²) in [6.07, 6.45) is 7.07. The molecule has 4 nitrogen and oxygen atoms in total. The summed E-state index contributed by atoms with van der Waals surface area (Å²) in [4.78, 5) is 14.3. The fraction of sp³-hybridized carbons (Fsp3) is 0.290. The highest BCUT2D eigenvalue weighted by atomic mass is 16.5. The summed E-state index contributed by atoms with van der Waals surface area (Å²) in [5.41, 5.74) is 7.95. The Kier molecular flexibility index (Phi) is 6.29. The number of carbonyl (C=O) groups is 1. The molecular weight excluding hydrogens is 432 g/mol. The van der Waals surface area contributed by atoms with Crippen LogP contribution in [0.2, 0.25) is 0 Å². The first-order valence-corrected chi connectivity index (χ1v) is 12.4. The van der Waals surface area contributed by atoms with Crippen LogP contribution in [0.15, 0.2) is 78.9 Å². The van der Waals surface area contributed by atoms with Crippen LogP contribution >= 0.6 is 0 Å². The van der Waals surface area contributed by atoms with Gasteiger partial charge in [-0.1, -0.05) is 42.5 Å². The fourth-order valence-electron chi connectivity index (χ4n) is 5.30. The second kappa shape index (κ2) is 9.53. The molecule has 0 bridgehead atoms. The van der Waals surface area contributed by atoms with Crippen molar-refractivity contribution in [2.75, 3.05) is 25.1 Å². The number of allylic oxidation sites excluding steroid dienone is 1. The number of hydrogen-bond donors (Lipinski definition) is 0. The van der Waals surface area contributed by atoms with Gasteiger partial charge in [-0.2, -0.15) is 4.58 Å². The van der Waals surface area contributed by atoms with Gasteiger partial charge in [0.05, 0.1) is 18.1 Å². The van der Waals surface area contributed by atoms with Gasteiger partial charge in [0.2, 0.25) is 5.69 Å². The Balaban J connectivity index is 1.46. The SMILES string of the molecule is COC(=O)c1ccc(C[N+]2=C(/C=C/c3ccc(N4CCCC4)cc3)C(C)(C)c3ccccc32)cc1. The van der Waals surface area contributed by atoms with Crippen molar-refractivity contribution in [3.63, 3.8) is 0 Å². The van der Waals surface area contributed by atoms with E-state index in [0.29, 0.717) is 5.56 Å². The van der Waals surface area contributed by atoms with Crippen LogP contribution in [0, 0.1) is 0 Å². The molecule has 3 aromatic carbocycles. The third-order valence-corrected chi connectivity index (χ3v) is 7.31. The zero-order valence-electron chi connectivity index (χ0n) is 20.8. The molecule has 0 aromatic heterocycles. The monoisotopic (exact) mass is 465 g/mol. The van der Waals surface area contributed by atoms with E-state index in [1.165, 1.54) is 48.2 Å². The normalized spacial score (nSPS) is 16.7. The number of rotatable bonds is 6. The largest absolute Gasteiger partial charge is 0.465 e. The van der Waals surface area contributed by atoms with E-state index >= 15 is 0 Å². The van der Waals surface area contributed by atoms with Crippen molar-refractivity contribution in [3.8, 4) is 0 Å². The van der Waals surface area contributed by atoms with E-state index < -0.39 is 0 Å². The Bertz CT molecular complexity index is 1280. The van der Waals surface area contributed by atoms with Crippen molar-refractivity contribution in [1.82, 2.24) is 0 Å². The van der Waals surface area contributed by atoms with Gasteiger partial charge in [-0.3, -0.25) is 0 Å². The first-order valence-electron chi connectivity index (χ1n) is 12.4. The molecule has 2 aliphatic heterocycles. The molecule has 0 spiro atoms. The van der Waals surface area contributed by atoms with Gasteiger partial charge in [0.25, 0.3) is 0 Å². The van der Waals surface area contributed by atoms with Crippen LogP contribution in [0.1, 0.15) is 53.7 Å². The third-order valence-electron chi connectivity index (χ3n) is 7.31. The molecule has 1 fully saturated rings. The Morgan fingerprint density at radius 3 is 2.31 bits per heavy atom. The van der Waals surface area contributed by atoms with Crippen LogP contribution in [0.25, 0.3) is 6.08 Å². The molecule has 0 amide bonds. The predicted molar refractivity (Wildman–Crippen MR) is 143 cm³/mol. The molecule has 35 heavy (non-hydrogen) atoms. The molecule has 4 heteroatoms. The fourth-order valence-corrected chi connectivity index (χ4v) is 5.30. The maximum Gasteiger partial charge on any atom is 0.337 e. The van der Waals surface area contributed by atoms with Crippen molar-refractivity contribution >= 4 is 29.1 Å². The predicted octanol–water partition coefficient (Wildman–Crippen LogP) is 6.36. The number of fused-ring (bicyclic) bond motifs is 1. The minimum absolute atomic E-state index is 0.117.